The van der Waals surface area contributed by atoms with Crippen LogP contribution in [0.25, 0.3) is 0 Å². The summed E-state index contributed by atoms with van der Waals surface area (Å²) in [6.07, 6.45) is 4.23. The van der Waals surface area contributed by atoms with E-state index in [4.69, 9.17) is 4.52 Å². The minimum atomic E-state index is -0.326. The fourth-order valence-electron chi connectivity index (χ4n) is 3.21. The first kappa shape index (κ1) is 17.3. The lowest BCUT2D eigenvalue weighted by Crippen LogP contribution is -2.43. The van der Waals surface area contributed by atoms with Crippen LogP contribution in [-0.2, 0) is 0 Å². The molecule has 0 unspecified atom stereocenters. The zero-order chi connectivity index (χ0) is 18.3. The minimum Gasteiger partial charge on any atom is -0.360 e. The van der Waals surface area contributed by atoms with Crippen molar-refractivity contribution in [1.29, 1.82) is 0 Å². The Morgan fingerprint density at radius 2 is 1.96 bits per heavy atom. The van der Waals surface area contributed by atoms with Crippen molar-refractivity contribution >= 4 is 33.4 Å². The Hall–Kier alpha value is -2.15. The molecule has 0 spiro atoms. The first-order valence-corrected chi connectivity index (χ1v) is 9.67. The predicted octanol–water partition coefficient (Wildman–Crippen LogP) is 4.10. The number of carbonyl (C=O) groups excluding carboxylic acids is 2. The maximum absolute atomic E-state index is 12.4. The molecule has 0 bridgehead atoms. The molecule has 0 aliphatic heterocycles. The SMILES string of the molecule is CC1CC(NC(=O)c2ccc(NC(=O)c3cc(C4CC4)on3)cc2Br)C1. The summed E-state index contributed by atoms with van der Waals surface area (Å²) in [6, 6.07) is 7.09. The molecular formula is C19H20BrN3O3. The molecule has 1 aromatic carbocycles. The number of amides is 2. The van der Waals surface area contributed by atoms with Crippen molar-refractivity contribution in [2.75, 3.05) is 5.32 Å². The van der Waals surface area contributed by atoms with E-state index >= 15 is 0 Å². The number of hydrogen-bond acceptors (Lipinski definition) is 4. The van der Waals surface area contributed by atoms with E-state index in [2.05, 4.69) is 38.6 Å². The summed E-state index contributed by atoms with van der Waals surface area (Å²) in [5, 5.41) is 9.65. The molecule has 2 saturated carbocycles. The minimum absolute atomic E-state index is 0.0998. The number of halogens is 1. The van der Waals surface area contributed by atoms with E-state index in [-0.39, 0.29) is 23.6 Å². The van der Waals surface area contributed by atoms with Gasteiger partial charge in [-0.3, -0.25) is 9.59 Å². The Balaban J connectivity index is 1.40. The average Bonchev–Trinajstić information content (AvgIpc) is 3.30. The van der Waals surface area contributed by atoms with Crippen LogP contribution in [0.3, 0.4) is 0 Å². The van der Waals surface area contributed by atoms with Crippen molar-refractivity contribution in [2.24, 2.45) is 5.92 Å². The molecule has 6 nitrogen and oxygen atoms in total. The van der Waals surface area contributed by atoms with Gasteiger partial charge < -0.3 is 15.2 Å². The third-order valence-corrected chi connectivity index (χ3v) is 5.58. The van der Waals surface area contributed by atoms with Crippen LogP contribution in [-0.4, -0.2) is 23.0 Å². The molecule has 2 aliphatic carbocycles. The summed E-state index contributed by atoms with van der Waals surface area (Å²) >= 11 is 3.42. The van der Waals surface area contributed by atoms with Gasteiger partial charge in [0.2, 0.25) is 0 Å². The molecule has 2 N–H and O–H groups in total. The van der Waals surface area contributed by atoms with E-state index in [1.54, 1.807) is 24.3 Å². The van der Waals surface area contributed by atoms with Crippen LogP contribution >= 0.6 is 15.9 Å². The van der Waals surface area contributed by atoms with Crippen LogP contribution in [0.2, 0.25) is 0 Å². The van der Waals surface area contributed by atoms with Gasteiger partial charge in [-0.2, -0.15) is 0 Å². The monoisotopic (exact) mass is 417 g/mol. The summed E-state index contributed by atoms with van der Waals surface area (Å²) < 4.78 is 5.85. The highest BCUT2D eigenvalue weighted by molar-refractivity contribution is 9.10. The van der Waals surface area contributed by atoms with Gasteiger partial charge in [-0.1, -0.05) is 12.1 Å². The molecule has 0 saturated heterocycles. The van der Waals surface area contributed by atoms with Crippen molar-refractivity contribution in [3.63, 3.8) is 0 Å². The Labute approximate surface area is 159 Å². The van der Waals surface area contributed by atoms with Gasteiger partial charge in [-0.25, -0.2) is 0 Å². The van der Waals surface area contributed by atoms with Crippen LogP contribution < -0.4 is 10.6 Å². The molecule has 2 fully saturated rings. The lowest BCUT2D eigenvalue weighted by molar-refractivity contribution is 0.0895. The summed E-state index contributed by atoms with van der Waals surface area (Å²) in [6.45, 7) is 2.18. The van der Waals surface area contributed by atoms with Gasteiger partial charge >= 0.3 is 0 Å². The normalized spacial score (nSPS) is 21.8. The molecule has 0 atom stereocenters. The Morgan fingerprint density at radius 1 is 1.19 bits per heavy atom. The highest BCUT2D eigenvalue weighted by Crippen LogP contribution is 2.40. The molecule has 26 heavy (non-hydrogen) atoms. The Kier molecular flexibility index (Phi) is 4.56. The molecule has 4 rings (SSSR count). The first-order valence-electron chi connectivity index (χ1n) is 8.88. The fourth-order valence-corrected chi connectivity index (χ4v) is 3.77. The van der Waals surface area contributed by atoms with E-state index in [1.165, 1.54) is 0 Å². The van der Waals surface area contributed by atoms with Gasteiger partial charge in [0.1, 0.15) is 5.76 Å². The van der Waals surface area contributed by atoms with Gasteiger partial charge in [0, 0.05) is 28.2 Å². The number of carbonyl (C=O) groups is 2. The second-order valence-corrected chi connectivity index (χ2v) is 8.14. The molecule has 2 aromatic rings. The molecule has 0 radical (unpaired) electrons. The smallest absolute Gasteiger partial charge is 0.277 e. The van der Waals surface area contributed by atoms with Crippen molar-refractivity contribution in [3.8, 4) is 0 Å². The average molecular weight is 418 g/mol. The van der Waals surface area contributed by atoms with Crippen LogP contribution in [0.1, 0.15) is 65.1 Å². The van der Waals surface area contributed by atoms with Gasteiger partial charge in [0.05, 0.1) is 5.56 Å². The van der Waals surface area contributed by atoms with E-state index in [1.807, 2.05) is 0 Å². The zero-order valence-corrected chi connectivity index (χ0v) is 16.0. The van der Waals surface area contributed by atoms with Crippen molar-refractivity contribution < 1.29 is 14.1 Å². The lowest BCUT2D eigenvalue weighted by Gasteiger charge is -2.33. The molecule has 1 heterocycles. The van der Waals surface area contributed by atoms with E-state index in [9.17, 15) is 9.59 Å². The zero-order valence-electron chi connectivity index (χ0n) is 14.4. The molecule has 2 aliphatic rings. The Bertz CT molecular complexity index is 853. The number of anilines is 1. The summed E-state index contributed by atoms with van der Waals surface area (Å²) in [5.74, 6) is 1.44. The summed E-state index contributed by atoms with van der Waals surface area (Å²) in [7, 11) is 0. The molecule has 2 amide bonds. The fraction of sp³-hybridized carbons (Fsp3) is 0.421. The quantitative estimate of drug-likeness (QED) is 0.766. The van der Waals surface area contributed by atoms with Crippen LogP contribution in [0, 0.1) is 5.92 Å². The van der Waals surface area contributed by atoms with Crippen LogP contribution in [0.5, 0.6) is 0 Å². The summed E-state index contributed by atoms with van der Waals surface area (Å²) in [5.41, 5.74) is 1.41. The number of nitrogens with one attached hydrogen (secondary N) is 2. The second-order valence-electron chi connectivity index (χ2n) is 7.28. The third kappa shape index (κ3) is 3.67. The number of hydrogen-bond donors (Lipinski definition) is 2. The Morgan fingerprint density at radius 3 is 2.62 bits per heavy atom. The van der Waals surface area contributed by atoms with E-state index in [0.717, 1.165) is 31.4 Å². The van der Waals surface area contributed by atoms with Gasteiger partial charge in [-0.05, 0) is 65.7 Å². The third-order valence-electron chi connectivity index (χ3n) is 4.92. The number of nitrogens with zero attached hydrogens (tertiary/aromatic N) is 1. The topological polar surface area (TPSA) is 84.2 Å². The van der Waals surface area contributed by atoms with Crippen LogP contribution in [0.4, 0.5) is 5.69 Å². The molecular weight excluding hydrogens is 398 g/mol. The van der Waals surface area contributed by atoms with Crippen molar-refractivity contribution in [2.45, 2.75) is 44.6 Å². The highest BCUT2D eigenvalue weighted by Gasteiger charge is 2.29. The summed E-state index contributed by atoms with van der Waals surface area (Å²) in [4.78, 5) is 24.6. The van der Waals surface area contributed by atoms with Crippen molar-refractivity contribution in [1.82, 2.24) is 10.5 Å². The standard InChI is InChI=1S/C19H20BrN3O3/c1-10-6-13(7-10)22-18(24)14-5-4-12(8-15(14)20)21-19(25)16-9-17(26-23-16)11-2-3-11/h4-5,8-11,13H,2-3,6-7H2,1H3,(H,21,25)(H,22,24). The number of rotatable bonds is 5. The largest absolute Gasteiger partial charge is 0.360 e. The molecule has 7 heteroatoms. The van der Waals surface area contributed by atoms with E-state index < -0.39 is 0 Å². The highest BCUT2D eigenvalue weighted by atomic mass is 79.9. The predicted molar refractivity (Wildman–Crippen MR) is 100 cm³/mol. The lowest BCUT2D eigenvalue weighted by atomic mass is 9.82. The first-order chi connectivity index (χ1) is 12.5. The van der Waals surface area contributed by atoms with Gasteiger partial charge in [-0.15, -0.1) is 0 Å². The number of aromatic nitrogens is 1. The van der Waals surface area contributed by atoms with Gasteiger partial charge in [0.15, 0.2) is 5.69 Å². The van der Waals surface area contributed by atoms with Crippen molar-refractivity contribution in [3.05, 3.63) is 45.8 Å². The van der Waals surface area contributed by atoms with E-state index in [0.29, 0.717) is 27.6 Å². The maximum atomic E-state index is 12.4. The van der Waals surface area contributed by atoms with Gasteiger partial charge in [0.25, 0.3) is 11.8 Å². The molecule has 136 valence electrons. The molecule has 1 aromatic heterocycles. The second kappa shape index (κ2) is 6.87. The maximum Gasteiger partial charge on any atom is 0.277 e. The number of benzene rings is 1. The van der Waals surface area contributed by atoms with Crippen LogP contribution in [0.15, 0.2) is 33.3 Å².